The van der Waals surface area contributed by atoms with E-state index in [9.17, 15) is 0 Å². The van der Waals surface area contributed by atoms with Crippen LogP contribution in [0.15, 0.2) is 121 Å². The van der Waals surface area contributed by atoms with Crippen LogP contribution in [-0.4, -0.2) is 19.1 Å². The second-order valence-corrected chi connectivity index (χ2v) is 14.4. The summed E-state index contributed by atoms with van der Waals surface area (Å²) in [6.45, 7) is 17.3. The van der Waals surface area contributed by atoms with Crippen LogP contribution in [0.2, 0.25) is 0 Å². The third kappa shape index (κ3) is 5.26. The van der Waals surface area contributed by atoms with Gasteiger partial charge in [0, 0.05) is 44.4 Å². The van der Waals surface area contributed by atoms with E-state index in [0.717, 1.165) is 55.9 Å². The van der Waals surface area contributed by atoms with Gasteiger partial charge in [0.05, 0.1) is 33.1 Å². The Morgan fingerprint density at radius 3 is 1.21 bits per heavy atom. The lowest BCUT2D eigenvalue weighted by Crippen LogP contribution is -2.13. The van der Waals surface area contributed by atoms with Gasteiger partial charge in [0.15, 0.2) is 0 Å². The third-order valence-electron chi connectivity index (χ3n) is 9.11. The lowest BCUT2D eigenvalue weighted by molar-refractivity contribution is 0.571. The van der Waals surface area contributed by atoms with Crippen LogP contribution in [0.5, 0.6) is 0 Å². The predicted octanol–water partition coefficient (Wildman–Crippen LogP) is 12.0. The quantitative estimate of drug-likeness (QED) is 0.195. The Morgan fingerprint density at radius 1 is 0.417 bits per heavy atom. The molecular formula is C44H44N4. The van der Waals surface area contributed by atoms with E-state index in [1.165, 1.54) is 21.9 Å². The summed E-state index contributed by atoms with van der Waals surface area (Å²) in [4.78, 5) is 10.4. The molecule has 4 aromatic carbocycles. The van der Waals surface area contributed by atoms with Crippen molar-refractivity contribution in [3.8, 4) is 22.5 Å². The fourth-order valence-electron chi connectivity index (χ4n) is 6.70. The average Bonchev–Trinajstić information content (AvgIpc) is 3.61. The number of hydrogen-bond donors (Lipinski definition) is 0. The van der Waals surface area contributed by atoms with Gasteiger partial charge >= 0.3 is 0 Å². The summed E-state index contributed by atoms with van der Waals surface area (Å²) in [5.41, 5.74) is 13.4. The number of benzene rings is 4. The van der Waals surface area contributed by atoms with E-state index < -0.39 is 0 Å². The molecule has 0 amide bonds. The highest BCUT2D eigenvalue weighted by atomic mass is 15.0. The first-order chi connectivity index (χ1) is 23.1. The van der Waals surface area contributed by atoms with Crippen molar-refractivity contribution in [2.45, 2.75) is 66.2 Å². The highest BCUT2D eigenvalue weighted by Crippen LogP contribution is 2.36. The molecule has 0 aliphatic rings. The monoisotopic (exact) mass is 628 g/mol. The summed E-state index contributed by atoms with van der Waals surface area (Å²) < 4.78 is 4.70. The molecule has 0 saturated carbocycles. The standard InChI is InChI=1S/C42H38N4.C2H6/c1-41(2,3)37-23-21-35-39(43-37)31-17-7-9-19-33(31)45(35)29-15-11-13-27(25-29)28-14-12-16-30(26-28)46-34-20-10-8-18-32(34)40-36(46)22-24-38(44-40)42(4,5)6;1-2/h7-26H,1-6H3;1-2H3. The molecule has 240 valence electrons. The van der Waals surface area contributed by atoms with E-state index >= 15 is 0 Å². The first-order valence-corrected chi connectivity index (χ1v) is 17.1. The molecule has 0 fully saturated rings. The number of aromatic nitrogens is 4. The van der Waals surface area contributed by atoms with Crippen LogP contribution in [-0.2, 0) is 10.8 Å². The van der Waals surface area contributed by atoms with Crippen molar-refractivity contribution in [3.05, 3.63) is 133 Å². The molecule has 4 heterocycles. The summed E-state index contributed by atoms with van der Waals surface area (Å²) in [5.74, 6) is 0. The largest absolute Gasteiger partial charge is 0.308 e. The molecule has 4 aromatic heterocycles. The Balaban J connectivity index is 0.00000179. The van der Waals surface area contributed by atoms with Gasteiger partial charge in [-0.3, -0.25) is 0 Å². The van der Waals surface area contributed by atoms with Crippen molar-refractivity contribution in [3.63, 3.8) is 0 Å². The number of fused-ring (bicyclic) bond motifs is 6. The SMILES string of the molecule is CC.CC(C)(C)c1ccc2c(n1)c1ccccc1n2-c1cccc(-c2cccc(-n3c4ccccc4c4nc(C(C)(C)C)ccc43)c2)c1. The van der Waals surface area contributed by atoms with Crippen LogP contribution >= 0.6 is 0 Å². The van der Waals surface area contributed by atoms with E-state index in [-0.39, 0.29) is 10.8 Å². The molecule has 8 rings (SSSR count). The Morgan fingerprint density at radius 2 is 0.812 bits per heavy atom. The molecule has 0 aliphatic heterocycles. The van der Waals surface area contributed by atoms with Crippen molar-refractivity contribution in [2.75, 3.05) is 0 Å². The molecule has 4 nitrogen and oxygen atoms in total. The van der Waals surface area contributed by atoms with Crippen molar-refractivity contribution < 1.29 is 0 Å². The van der Waals surface area contributed by atoms with Crippen LogP contribution in [0.1, 0.15) is 66.8 Å². The zero-order chi connectivity index (χ0) is 33.8. The Kier molecular flexibility index (Phi) is 7.71. The van der Waals surface area contributed by atoms with Gasteiger partial charge in [-0.25, -0.2) is 9.97 Å². The molecule has 8 aromatic rings. The fourth-order valence-corrected chi connectivity index (χ4v) is 6.70. The van der Waals surface area contributed by atoms with E-state index in [2.05, 4.69) is 172 Å². The average molecular weight is 629 g/mol. The molecule has 0 radical (unpaired) electrons. The van der Waals surface area contributed by atoms with Gasteiger partial charge in [-0.15, -0.1) is 0 Å². The fraction of sp³-hybridized carbons (Fsp3) is 0.227. The maximum atomic E-state index is 5.18. The van der Waals surface area contributed by atoms with E-state index in [0.29, 0.717) is 0 Å². The summed E-state index contributed by atoms with van der Waals surface area (Å²) in [6.07, 6.45) is 0. The van der Waals surface area contributed by atoms with Crippen molar-refractivity contribution in [1.82, 2.24) is 19.1 Å². The highest BCUT2D eigenvalue weighted by molar-refractivity contribution is 6.08. The van der Waals surface area contributed by atoms with Crippen molar-refractivity contribution in [1.29, 1.82) is 0 Å². The van der Waals surface area contributed by atoms with E-state index in [1.54, 1.807) is 0 Å². The predicted molar refractivity (Wildman–Crippen MR) is 205 cm³/mol. The molecule has 0 aliphatic carbocycles. The smallest absolute Gasteiger partial charge is 0.0967 e. The number of hydrogen-bond acceptors (Lipinski definition) is 2. The van der Waals surface area contributed by atoms with Crippen molar-refractivity contribution >= 4 is 43.9 Å². The van der Waals surface area contributed by atoms with E-state index in [1.807, 2.05) is 13.8 Å². The lowest BCUT2D eigenvalue weighted by atomic mass is 9.91. The van der Waals surface area contributed by atoms with Crippen LogP contribution in [0.25, 0.3) is 66.4 Å². The maximum Gasteiger partial charge on any atom is 0.0967 e. The van der Waals surface area contributed by atoms with Crippen LogP contribution < -0.4 is 0 Å². The highest BCUT2D eigenvalue weighted by Gasteiger charge is 2.21. The van der Waals surface area contributed by atoms with Crippen LogP contribution in [0.4, 0.5) is 0 Å². The molecule has 0 N–H and O–H groups in total. The van der Waals surface area contributed by atoms with Gasteiger partial charge < -0.3 is 9.13 Å². The zero-order valence-corrected chi connectivity index (χ0v) is 29.3. The molecule has 4 heteroatoms. The van der Waals surface area contributed by atoms with Gasteiger partial charge in [-0.05, 0) is 71.8 Å². The molecule has 0 bridgehead atoms. The van der Waals surface area contributed by atoms with Crippen molar-refractivity contribution in [2.24, 2.45) is 0 Å². The summed E-state index contributed by atoms with van der Waals surface area (Å²) in [5, 5.41) is 2.34. The van der Waals surface area contributed by atoms with Gasteiger partial charge in [-0.2, -0.15) is 0 Å². The number of rotatable bonds is 3. The Bertz CT molecular complexity index is 2270. The molecule has 0 spiro atoms. The number of pyridine rings is 2. The lowest BCUT2D eigenvalue weighted by Gasteiger charge is -2.18. The summed E-state index contributed by atoms with van der Waals surface area (Å²) in [6, 6.07) is 43.7. The van der Waals surface area contributed by atoms with E-state index in [4.69, 9.17) is 9.97 Å². The maximum absolute atomic E-state index is 5.18. The normalized spacial score (nSPS) is 12.2. The minimum Gasteiger partial charge on any atom is -0.308 e. The molecular weight excluding hydrogens is 585 g/mol. The number of para-hydroxylation sites is 2. The topological polar surface area (TPSA) is 35.6 Å². The van der Waals surface area contributed by atoms with Crippen LogP contribution in [0.3, 0.4) is 0 Å². The minimum atomic E-state index is -0.0242. The molecule has 0 saturated heterocycles. The third-order valence-corrected chi connectivity index (χ3v) is 9.11. The first kappa shape index (κ1) is 31.4. The van der Waals surface area contributed by atoms with Gasteiger partial charge in [0.2, 0.25) is 0 Å². The van der Waals surface area contributed by atoms with Gasteiger partial charge in [0.1, 0.15) is 0 Å². The molecule has 0 atom stereocenters. The first-order valence-electron chi connectivity index (χ1n) is 17.1. The van der Waals surface area contributed by atoms with Crippen LogP contribution in [0, 0.1) is 0 Å². The summed E-state index contributed by atoms with van der Waals surface area (Å²) >= 11 is 0. The number of nitrogens with zero attached hydrogens (tertiary/aromatic N) is 4. The molecule has 48 heavy (non-hydrogen) atoms. The van der Waals surface area contributed by atoms with Gasteiger partial charge in [-0.1, -0.05) is 116 Å². The Labute approximate surface area is 283 Å². The summed E-state index contributed by atoms with van der Waals surface area (Å²) in [7, 11) is 0. The second-order valence-electron chi connectivity index (χ2n) is 14.4. The minimum absolute atomic E-state index is 0.0242. The Hall–Kier alpha value is -5.22. The zero-order valence-electron chi connectivity index (χ0n) is 29.3. The molecule has 0 unspecified atom stereocenters. The second kappa shape index (κ2) is 11.8. The van der Waals surface area contributed by atoms with Gasteiger partial charge in [0.25, 0.3) is 0 Å².